The zero-order chi connectivity index (χ0) is 11.3. The van der Waals surface area contributed by atoms with Crippen LogP contribution in [0.25, 0.3) is 0 Å². The number of rotatable bonds is 4. The minimum atomic E-state index is -0.184. The third-order valence-electron chi connectivity index (χ3n) is 2.56. The van der Waals surface area contributed by atoms with Gasteiger partial charge in [0.05, 0.1) is 0 Å². The molecule has 0 saturated carbocycles. The van der Waals surface area contributed by atoms with E-state index in [9.17, 15) is 4.79 Å². The summed E-state index contributed by atoms with van der Waals surface area (Å²) in [6.45, 7) is 6.11. The van der Waals surface area contributed by atoms with E-state index >= 15 is 0 Å². The molecule has 0 spiro atoms. The van der Waals surface area contributed by atoms with Gasteiger partial charge in [-0.25, -0.2) is 0 Å². The van der Waals surface area contributed by atoms with E-state index in [0.717, 1.165) is 6.42 Å². The number of hydrogen-bond donors (Lipinski definition) is 0. The lowest BCUT2D eigenvalue weighted by Crippen LogP contribution is -2.05. The Morgan fingerprint density at radius 2 is 2.13 bits per heavy atom. The van der Waals surface area contributed by atoms with Crippen LogP contribution in [0.15, 0.2) is 24.3 Å². The molecule has 0 heterocycles. The van der Waals surface area contributed by atoms with Gasteiger partial charge in [-0.15, -0.1) is 0 Å². The summed E-state index contributed by atoms with van der Waals surface area (Å²) in [5.74, 6) is 0.973. The highest BCUT2D eigenvalue weighted by molar-refractivity contribution is 5.71. The van der Waals surface area contributed by atoms with Gasteiger partial charge >= 0.3 is 5.97 Å². The molecule has 0 bridgehead atoms. The first kappa shape index (κ1) is 11.8. The second-order valence-electron chi connectivity index (χ2n) is 3.71. The van der Waals surface area contributed by atoms with Gasteiger partial charge in [0.15, 0.2) is 0 Å². The van der Waals surface area contributed by atoms with Crippen molar-refractivity contribution >= 4 is 5.97 Å². The first-order chi connectivity index (χ1) is 7.17. The predicted octanol–water partition coefficient (Wildman–Crippen LogP) is 3.52. The monoisotopic (exact) mass is 206 g/mol. The molecule has 1 atom stereocenters. The summed E-state index contributed by atoms with van der Waals surface area (Å²) in [4.78, 5) is 11.1. The summed E-state index contributed by atoms with van der Waals surface area (Å²) in [5.41, 5.74) is 1.22. The number of carbonyl (C=O) groups is 1. The van der Waals surface area contributed by atoms with E-state index < -0.39 is 0 Å². The molecule has 0 aliphatic carbocycles. The fourth-order valence-corrected chi connectivity index (χ4v) is 1.32. The van der Waals surface area contributed by atoms with E-state index in [4.69, 9.17) is 4.74 Å². The smallest absolute Gasteiger partial charge is 0.310 e. The van der Waals surface area contributed by atoms with Crippen LogP contribution < -0.4 is 4.74 Å². The Morgan fingerprint density at radius 3 is 2.73 bits per heavy atom. The standard InChI is InChI=1S/C13H18O2/c1-4-10(3)11-7-6-8-12(9-11)15-13(14)5-2/h6-10H,4-5H2,1-3H3. The Balaban J connectivity index is 2.78. The minimum Gasteiger partial charge on any atom is -0.427 e. The number of carbonyl (C=O) groups excluding carboxylic acids is 1. The fraction of sp³-hybridized carbons (Fsp3) is 0.462. The average molecular weight is 206 g/mol. The van der Waals surface area contributed by atoms with Gasteiger partial charge in [0, 0.05) is 6.42 Å². The van der Waals surface area contributed by atoms with Crippen LogP contribution in [-0.2, 0) is 4.79 Å². The van der Waals surface area contributed by atoms with E-state index in [1.54, 1.807) is 6.92 Å². The van der Waals surface area contributed by atoms with Crippen molar-refractivity contribution in [3.05, 3.63) is 29.8 Å². The van der Waals surface area contributed by atoms with Gasteiger partial charge in [-0.05, 0) is 30.0 Å². The van der Waals surface area contributed by atoms with Crippen LogP contribution in [0.5, 0.6) is 5.75 Å². The molecule has 15 heavy (non-hydrogen) atoms. The molecular weight excluding hydrogens is 188 g/mol. The first-order valence-corrected chi connectivity index (χ1v) is 5.48. The molecule has 2 nitrogen and oxygen atoms in total. The van der Waals surface area contributed by atoms with Gasteiger partial charge in [0.1, 0.15) is 5.75 Å². The second-order valence-corrected chi connectivity index (χ2v) is 3.71. The van der Waals surface area contributed by atoms with E-state index in [1.807, 2.05) is 18.2 Å². The van der Waals surface area contributed by atoms with Crippen LogP contribution in [0, 0.1) is 0 Å². The van der Waals surface area contributed by atoms with E-state index in [0.29, 0.717) is 18.1 Å². The van der Waals surface area contributed by atoms with Crippen LogP contribution in [-0.4, -0.2) is 5.97 Å². The molecule has 1 aromatic carbocycles. The normalized spacial score (nSPS) is 12.2. The van der Waals surface area contributed by atoms with Crippen molar-refractivity contribution in [2.24, 2.45) is 0 Å². The average Bonchev–Trinajstić information content (AvgIpc) is 2.28. The van der Waals surface area contributed by atoms with Crippen molar-refractivity contribution < 1.29 is 9.53 Å². The third kappa shape index (κ3) is 3.39. The molecule has 0 saturated heterocycles. The van der Waals surface area contributed by atoms with Crippen molar-refractivity contribution in [3.8, 4) is 5.75 Å². The number of hydrogen-bond acceptors (Lipinski definition) is 2. The first-order valence-electron chi connectivity index (χ1n) is 5.48. The lowest BCUT2D eigenvalue weighted by molar-refractivity contribution is -0.134. The molecule has 0 fully saturated rings. The largest absolute Gasteiger partial charge is 0.427 e. The summed E-state index contributed by atoms with van der Waals surface area (Å²) in [7, 11) is 0. The zero-order valence-electron chi connectivity index (χ0n) is 9.62. The summed E-state index contributed by atoms with van der Waals surface area (Å²) < 4.78 is 5.16. The van der Waals surface area contributed by atoms with Crippen molar-refractivity contribution in [3.63, 3.8) is 0 Å². The molecule has 0 N–H and O–H groups in total. The molecule has 0 aliphatic heterocycles. The summed E-state index contributed by atoms with van der Waals surface area (Å²) in [5, 5.41) is 0. The Hall–Kier alpha value is -1.31. The summed E-state index contributed by atoms with van der Waals surface area (Å²) in [6.07, 6.45) is 1.50. The van der Waals surface area contributed by atoms with Crippen molar-refractivity contribution in [1.29, 1.82) is 0 Å². The van der Waals surface area contributed by atoms with Crippen molar-refractivity contribution in [1.82, 2.24) is 0 Å². The molecule has 2 heteroatoms. The summed E-state index contributed by atoms with van der Waals surface area (Å²) >= 11 is 0. The van der Waals surface area contributed by atoms with Gasteiger partial charge in [0.25, 0.3) is 0 Å². The molecule has 1 unspecified atom stereocenters. The zero-order valence-corrected chi connectivity index (χ0v) is 9.62. The van der Waals surface area contributed by atoms with Gasteiger partial charge in [-0.2, -0.15) is 0 Å². The molecule has 1 aromatic rings. The number of benzene rings is 1. The van der Waals surface area contributed by atoms with Crippen molar-refractivity contribution in [2.45, 2.75) is 39.5 Å². The lowest BCUT2D eigenvalue weighted by atomic mass is 9.99. The van der Waals surface area contributed by atoms with E-state index in [-0.39, 0.29) is 5.97 Å². The molecule has 1 rings (SSSR count). The maximum absolute atomic E-state index is 11.1. The van der Waals surface area contributed by atoms with Crippen molar-refractivity contribution in [2.75, 3.05) is 0 Å². The Bertz CT molecular complexity index is 331. The highest BCUT2D eigenvalue weighted by Gasteiger charge is 2.06. The van der Waals surface area contributed by atoms with Crippen LogP contribution in [0.3, 0.4) is 0 Å². The Kier molecular flexibility index (Phi) is 4.35. The van der Waals surface area contributed by atoms with Gasteiger partial charge in [0.2, 0.25) is 0 Å². The van der Waals surface area contributed by atoms with Gasteiger partial charge < -0.3 is 4.74 Å². The van der Waals surface area contributed by atoms with E-state index in [1.165, 1.54) is 5.56 Å². The quantitative estimate of drug-likeness (QED) is 0.556. The minimum absolute atomic E-state index is 0.184. The Labute approximate surface area is 91.3 Å². The van der Waals surface area contributed by atoms with E-state index in [2.05, 4.69) is 19.9 Å². The molecule has 0 amide bonds. The highest BCUT2D eigenvalue weighted by atomic mass is 16.5. The van der Waals surface area contributed by atoms with Gasteiger partial charge in [-0.1, -0.05) is 32.9 Å². The van der Waals surface area contributed by atoms with Crippen LogP contribution in [0.1, 0.15) is 45.1 Å². The Morgan fingerprint density at radius 1 is 1.40 bits per heavy atom. The maximum Gasteiger partial charge on any atom is 0.310 e. The topological polar surface area (TPSA) is 26.3 Å². The summed E-state index contributed by atoms with van der Waals surface area (Å²) in [6, 6.07) is 7.76. The third-order valence-corrected chi connectivity index (χ3v) is 2.56. The maximum atomic E-state index is 11.1. The highest BCUT2D eigenvalue weighted by Crippen LogP contribution is 2.22. The lowest BCUT2D eigenvalue weighted by Gasteiger charge is -2.10. The van der Waals surface area contributed by atoms with Crippen LogP contribution in [0.2, 0.25) is 0 Å². The number of ether oxygens (including phenoxy) is 1. The SMILES string of the molecule is CCC(=O)Oc1cccc(C(C)CC)c1. The molecule has 82 valence electrons. The molecule has 0 aromatic heterocycles. The van der Waals surface area contributed by atoms with Gasteiger partial charge in [-0.3, -0.25) is 4.79 Å². The predicted molar refractivity (Wildman–Crippen MR) is 61.1 cm³/mol. The molecule has 0 radical (unpaired) electrons. The van der Waals surface area contributed by atoms with Crippen LogP contribution in [0.4, 0.5) is 0 Å². The number of esters is 1. The molecular formula is C13H18O2. The van der Waals surface area contributed by atoms with Crippen LogP contribution >= 0.6 is 0 Å². The second kappa shape index (κ2) is 5.54. The molecule has 0 aliphatic rings. The fourth-order valence-electron chi connectivity index (χ4n) is 1.32.